The van der Waals surface area contributed by atoms with Gasteiger partial charge < -0.3 is 15.5 Å². The highest BCUT2D eigenvalue weighted by Crippen LogP contribution is 2.25. The lowest BCUT2D eigenvalue weighted by Crippen LogP contribution is -2.27. The molecular formula is C20H23NO3. The zero-order valence-corrected chi connectivity index (χ0v) is 13.7. The quantitative estimate of drug-likeness (QED) is 0.740. The molecule has 0 unspecified atom stereocenters. The second-order valence-electron chi connectivity index (χ2n) is 6.41. The molecule has 0 aromatic heterocycles. The molecule has 126 valence electrons. The third-order valence-electron chi connectivity index (χ3n) is 4.55. The number of aryl methyl sites for hydroxylation is 2. The molecule has 0 radical (unpaired) electrons. The molecule has 0 spiro atoms. The van der Waals surface area contributed by atoms with Gasteiger partial charge in [-0.3, -0.25) is 4.79 Å². The maximum absolute atomic E-state index is 12.1. The van der Waals surface area contributed by atoms with E-state index in [4.69, 9.17) is 0 Å². The number of benzene rings is 2. The molecule has 1 aliphatic rings. The molecule has 0 aliphatic heterocycles. The van der Waals surface area contributed by atoms with Gasteiger partial charge in [-0.05, 0) is 66.5 Å². The summed E-state index contributed by atoms with van der Waals surface area (Å²) >= 11 is 0. The van der Waals surface area contributed by atoms with Crippen LogP contribution in [-0.4, -0.2) is 22.7 Å². The normalized spacial score (nSPS) is 13.3. The van der Waals surface area contributed by atoms with E-state index in [0.717, 1.165) is 24.0 Å². The molecule has 0 saturated heterocycles. The number of hydrogen-bond donors (Lipinski definition) is 3. The summed E-state index contributed by atoms with van der Waals surface area (Å²) in [5.41, 5.74) is 4.76. The molecule has 24 heavy (non-hydrogen) atoms. The molecular weight excluding hydrogens is 302 g/mol. The van der Waals surface area contributed by atoms with Crippen LogP contribution in [-0.2, 0) is 30.5 Å². The van der Waals surface area contributed by atoms with Gasteiger partial charge in [-0.15, -0.1) is 0 Å². The average molecular weight is 325 g/mol. The summed E-state index contributed by atoms with van der Waals surface area (Å²) in [6.07, 6.45) is 5.79. The fraction of sp³-hybridized carbons (Fsp3) is 0.350. The van der Waals surface area contributed by atoms with Crippen molar-refractivity contribution in [1.82, 2.24) is 5.32 Å². The zero-order valence-electron chi connectivity index (χ0n) is 13.7. The van der Waals surface area contributed by atoms with Crippen molar-refractivity contribution in [2.24, 2.45) is 0 Å². The number of phenolic OH excluding ortho intramolecular Hbond substituents is 2. The lowest BCUT2D eigenvalue weighted by Gasteiger charge is -2.16. The highest BCUT2D eigenvalue weighted by molar-refractivity contribution is 5.78. The Balaban J connectivity index is 1.49. The van der Waals surface area contributed by atoms with Crippen molar-refractivity contribution in [3.63, 3.8) is 0 Å². The molecule has 3 N–H and O–H groups in total. The van der Waals surface area contributed by atoms with Crippen molar-refractivity contribution < 1.29 is 15.0 Å². The molecule has 2 aromatic carbocycles. The van der Waals surface area contributed by atoms with Crippen LogP contribution >= 0.6 is 0 Å². The summed E-state index contributed by atoms with van der Waals surface area (Å²) in [4.78, 5) is 12.1. The van der Waals surface area contributed by atoms with Crippen molar-refractivity contribution >= 4 is 5.91 Å². The predicted molar refractivity (Wildman–Crippen MR) is 93.3 cm³/mol. The van der Waals surface area contributed by atoms with Crippen LogP contribution < -0.4 is 5.32 Å². The third kappa shape index (κ3) is 4.07. The smallest absolute Gasteiger partial charge is 0.224 e. The van der Waals surface area contributed by atoms with Crippen molar-refractivity contribution in [3.05, 3.63) is 58.7 Å². The first-order valence-corrected chi connectivity index (χ1v) is 8.50. The molecule has 0 heterocycles. The summed E-state index contributed by atoms with van der Waals surface area (Å²) < 4.78 is 0. The van der Waals surface area contributed by atoms with E-state index >= 15 is 0 Å². The Labute approximate surface area is 142 Å². The second kappa shape index (κ2) is 7.39. The SMILES string of the molecule is O=C(Cc1ccc2c(c1)CCCC2)NCCc1ccc(O)c(O)c1. The number of fused-ring (bicyclic) bond motifs is 1. The first-order chi connectivity index (χ1) is 11.6. The number of carbonyl (C=O) groups excluding carboxylic acids is 1. The van der Waals surface area contributed by atoms with Crippen LogP contribution in [0, 0.1) is 0 Å². The minimum atomic E-state index is -0.132. The minimum Gasteiger partial charge on any atom is -0.504 e. The summed E-state index contributed by atoms with van der Waals surface area (Å²) in [6.45, 7) is 0.508. The maximum Gasteiger partial charge on any atom is 0.224 e. The maximum atomic E-state index is 12.1. The van der Waals surface area contributed by atoms with E-state index in [2.05, 4.69) is 23.5 Å². The van der Waals surface area contributed by atoms with E-state index in [1.165, 1.54) is 36.1 Å². The van der Waals surface area contributed by atoms with Crippen LogP contribution in [0.1, 0.15) is 35.1 Å². The van der Waals surface area contributed by atoms with Gasteiger partial charge in [0.1, 0.15) is 0 Å². The van der Waals surface area contributed by atoms with Crippen LogP contribution in [0.2, 0.25) is 0 Å². The third-order valence-corrected chi connectivity index (χ3v) is 4.55. The topological polar surface area (TPSA) is 69.6 Å². The molecule has 4 heteroatoms. The number of carbonyl (C=O) groups is 1. The van der Waals surface area contributed by atoms with Gasteiger partial charge >= 0.3 is 0 Å². The Bertz CT molecular complexity index is 740. The molecule has 3 rings (SSSR count). The molecule has 1 amide bonds. The van der Waals surface area contributed by atoms with E-state index in [1.54, 1.807) is 6.07 Å². The van der Waals surface area contributed by atoms with Gasteiger partial charge in [0, 0.05) is 6.54 Å². The van der Waals surface area contributed by atoms with Crippen molar-refractivity contribution in [3.8, 4) is 11.5 Å². The molecule has 4 nitrogen and oxygen atoms in total. The molecule has 0 bridgehead atoms. The molecule has 0 saturated carbocycles. The van der Waals surface area contributed by atoms with Crippen LogP contribution in [0.15, 0.2) is 36.4 Å². The van der Waals surface area contributed by atoms with Crippen LogP contribution in [0.5, 0.6) is 11.5 Å². The Morgan fingerprint density at radius 2 is 1.67 bits per heavy atom. The highest BCUT2D eigenvalue weighted by atomic mass is 16.3. The van der Waals surface area contributed by atoms with E-state index in [9.17, 15) is 15.0 Å². The van der Waals surface area contributed by atoms with Crippen molar-refractivity contribution in [2.45, 2.75) is 38.5 Å². The largest absolute Gasteiger partial charge is 0.504 e. The number of phenols is 2. The molecule has 1 aliphatic carbocycles. The lowest BCUT2D eigenvalue weighted by molar-refractivity contribution is -0.120. The number of aromatic hydroxyl groups is 2. The van der Waals surface area contributed by atoms with Crippen molar-refractivity contribution in [2.75, 3.05) is 6.54 Å². The Morgan fingerprint density at radius 1 is 0.917 bits per heavy atom. The van der Waals surface area contributed by atoms with E-state index in [1.807, 2.05) is 0 Å². The number of nitrogens with one attached hydrogen (secondary N) is 1. The van der Waals surface area contributed by atoms with Crippen LogP contribution in [0.4, 0.5) is 0 Å². The molecule has 0 atom stereocenters. The Morgan fingerprint density at radius 3 is 2.46 bits per heavy atom. The van der Waals surface area contributed by atoms with E-state index in [-0.39, 0.29) is 17.4 Å². The van der Waals surface area contributed by atoms with Gasteiger partial charge in [0.05, 0.1) is 6.42 Å². The number of amides is 1. The standard InChI is InChI=1S/C20H23NO3/c22-18-8-6-14(12-19(18)23)9-10-21-20(24)13-15-5-7-16-3-1-2-4-17(16)11-15/h5-8,11-12,22-23H,1-4,9-10,13H2,(H,21,24). The van der Waals surface area contributed by atoms with Gasteiger partial charge in [-0.1, -0.05) is 24.3 Å². The Hall–Kier alpha value is -2.49. The highest BCUT2D eigenvalue weighted by Gasteiger charge is 2.11. The summed E-state index contributed by atoms with van der Waals surface area (Å²) in [7, 11) is 0. The van der Waals surface area contributed by atoms with Gasteiger partial charge in [-0.25, -0.2) is 0 Å². The summed E-state index contributed by atoms with van der Waals surface area (Å²) in [5.74, 6) is -0.253. The fourth-order valence-electron chi connectivity index (χ4n) is 3.22. The fourth-order valence-corrected chi connectivity index (χ4v) is 3.22. The van der Waals surface area contributed by atoms with Gasteiger partial charge in [-0.2, -0.15) is 0 Å². The van der Waals surface area contributed by atoms with Gasteiger partial charge in [0.15, 0.2) is 11.5 Å². The predicted octanol–water partition coefficient (Wildman–Crippen LogP) is 2.88. The average Bonchev–Trinajstić information content (AvgIpc) is 2.58. The molecule has 0 fully saturated rings. The number of hydrogen-bond acceptors (Lipinski definition) is 3. The zero-order chi connectivity index (χ0) is 16.9. The first-order valence-electron chi connectivity index (χ1n) is 8.50. The second-order valence-corrected chi connectivity index (χ2v) is 6.41. The van der Waals surface area contributed by atoms with Gasteiger partial charge in [0.25, 0.3) is 0 Å². The van der Waals surface area contributed by atoms with Crippen LogP contribution in [0.3, 0.4) is 0 Å². The lowest BCUT2D eigenvalue weighted by atomic mass is 9.90. The Kier molecular flexibility index (Phi) is 5.04. The van der Waals surface area contributed by atoms with E-state index < -0.39 is 0 Å². The summed E-state index contributed by atoms with van der Waals surface area (Å²) in [6, 6.07) is 11.1. The molecule has 2 aromatic rings. The number of rotatable bonds is 5. The minimum absolute atomic E-state index is 0.00811. The summed E-state index contributed by atoms with van der Waals surface area (Å²) in [5, 5.41) is 21.7. The first kappa shape index (κ1) is 16.4. The van der Waals surface area contributed by atoms with Crippen molar-refractivity contribution in [1.29, 1.82) is 0 Å². The van der Waals surface area contributed by atoms with Gasteiger partial charge in [0.2, 0.25) is 5.91 Å². The van der Waals surface area contributed by atoms with E-state index in [0.29, 0.717) is 19.4 Å². The van der Waals surface area contributed by atoms with Crippen LogP contribution in [0.25, 0.3) is 0 Å². The monoisotopic (exact) mass is 325 g/mol.